The normalized spacial score (nSPS) is 15.4. The molecule has 2 aromatic rings. The maximum absolute atomic E-state index is 13.1. The number of hydrogen-bond acceptors (Lipinski definition) is 4. The lowest BCUT2D eigenvalue weighted by Gasteiger charge is -2.22. The van der Waals surface area contributed by atoms with E-state index < -0.39 is 22.9 Å². The Bertz CT molecular complexity index is 795. The van der Waals surface area contributed by atoms with E-state index in [1.165, 1.54) is 35.1 Å². The minimum atomic E-state index is -1.37. The van der Waals surface area contributed by atoms with Crippen LogP contribution in [-0.4, -0.2) is 34.1 Å². The lowest BCUT2D eigenvalue weighted by atomic mass is 10.0. The Hall–Kier alpha value is -2.54. The highest BCUT2D eigenvalue weighted by molar-refractivity contribution is 5.86. The summed E-state index contributed by atoms with van der Waals surface area (Å²) in [5.41, 5.74) is -0.525. The molecule has 7 heteroatoms. The standard InChI is InChI=1S/C17H17FN2O4/c18-13-3-1-12(2-4-13)14-10-20(9-11-5-7-24-8-6-11)19-15(16(14)21)17(22)23/h1-4,10-11H,5-9H2,(H,22,23). The summed E-state index contributed by atoms with van der Waals surface area (Å²) in [5.74, 6) is -1.48. The third kappa shape index (κ3) is 3.51. The topological polar surface area (TPSA) is 81.4 Å². The van der Waals surface area contributed by atoms with Crippen LogP contribution in [0.5, 0.6) is 0 Å². The molecule has 0 atom stereocenters. The molecule has 24 heavy (non-hydrogen) atoms. The minimum Gasteiger partial charge on any atom is -0.476 e. The Morgan fingerprint density at radius 3 is 2.58 bits per heavy atom. The van der Waals surface area contributed by atoms with E-state index in [4.69, 9.17) is 4.74 Å². The average Bonchev–Trinajstić information content (AvgIpc) is 2.58. The monoisotopic (exact) mass is 332 g/mol. The fraction of sp³-hybridized carbons (Fsp3) is 0.353. The Morgan fingerprint density at radius 1 is 1.29 bits per heavy atom. The summed E-state index contributed by atoms with van der Waals surface area (Å²) in [6, 6.07) is 5.38. The fourth-order valence-electron chi connectivity index (χ4n) is 2.80. The zero-order chi connectivity index (χ0) is 17.1. The molecule has 0 saturated carbocycles. The number of aromatic nitrogens is 2. The SMILES string of the molecule is O=C(O)c1nn(CC2CCOCC2)cc(-c2ccc(F)cc2)c1=O. The van der Waals surface area contributed by atoms with Crippen molar-refractivity contribution in [1.82, 2.24) is 9.78 Å². The van der Waals surface area contributed by atoms with Crippen LogP contribution < -0.4 is 5.43 Å². The van der Waals surface area contributed by atoms with E-state index in [9.17, 15) is 19.1 Å². The van der Waals surface area contributed by atoms with Crippen LogP contribution in [0.3, 0.4) is 0 Å². The second kappa shape index (κ2) is 6.92. The van der Waals surface area contributed by atoms with Crippen molar-refractivity contribution in [2.24, 2.45) is 5.92 Å². The van der Waals surface area contributed by atoms with Gasteiger partial charge >= 0.3 is 5.97 Å². The Morgan fingerprint density at radius 2 is 1.96 bits per heavy atom. The molecule has 1 aliphatic rings. The molecular weight excluding hydrogens is 315 g/mol. The molecule has 1 saturated heterocycles. The molecule has 126 valence electrons. The first-order chi connectivity index (χ1) is 11.5. The Labute approximate surface area is 137 Å². The molecule has 1 aromatic carbocycles. The lowest BCUT2D eigenvalue weighted by molar-refractivity contribution is 0.0592. The van der Waals surface area contributed by atoms with Crippen molar-refractivity contribution in [2.75, 3.05) is 13.2 Å². The van der Waals surface area contributed by atoms with Gasteiger partial charge in [0.25, 0.3) is 0 Å². The first kappa shape index (κ1) is 16.3. The molecule has 1 aromatic heterocycles. The first-order valence-corrected chi connectivity index (χ1v) is 7.73. The third-order valence-electron chi connectivity index (χ3n) is 4.11. The predicted octanol–water partition coefficient (Wildman–Crippen LogP) is 2.17. The van der Waals surface area contributed by atoms with Crippen LogP contribution in [0.1, 0.15) is 23.3 Å². The number of carbonyl (C=O) groups is 1. The largest absolute Gasteiger partial charge is 0.476 e. The molecule has 0 spiro atoms. The summed E-state index contributed by atoms with van der Waals surface area (Å²) in [6.45, 7) is 1.85. The number of carboxylic acids is 1. The van der Waals surface area contributed by atoms with Gasteiger partial charge in [0.2, 0.25) is 11.1 Å². The van der Waals surface area contributed by atoms with Crippen molar-refractivity contribution in [3.63, 3.8) is 0 Å². The molecule has 0 unspecified atom stereocenters. The number of halogens is 1. The zero-order valence-corrected chi connectivity index (χ0v) is 12.9. The minimum absolute atomic E-state index is 0.203. The van der Waals surface area contributed by atoms with Gasteiger partial charge in [-0.25, -0.2) is 9.18 Å². The highest BCUT2D eigenvalue weighted by Crippen LogP contribution is 2.19. The summed E-state index contributed by atoms with van der Waals surface area (Å²) < 4.78 is 19.9. The van der Waals surface area contributed by atoms with Gasteiger partial charge in [-0.05, 0) is 36.5 Å². The highest BCUT2D eigenvalue weighted by atomic mass is 19.1. The van der Waals surface area contributed by atoms with E-state index in [2.05, 4.69) is 5.10 Å². The molecule has 1 fully saturated rings. The van der Waals surface area contributed by atoms with Gasteiger partial charge in [-0.3, -0.25) is 9.48 Å². The van der Waals surface area contributed by atoms with Crippen LogP contribution in [-0.2, 0) is 11.3 Å². The number of carboxylic acid groups (broad SMARTS) is 1. The number of benzene rings is 1. The van der Waals surface area contributed by atoms with E-state index in [0.29, 0.717) is 31.2 Å². The maximum Gasteiger partial charge on any atom is 0.360 e. The van der Waals surface area contributed by atoms with Gasteiger partial charge in [-0.2, -0.15) is 5.10 Å². The molecule has 2 heterocycles. The van der Waals surface area contributed by atoms with E-state index in [1.54, 1.807) is 0 Å². The van der Waals surface area contributed by atoms with Crippen molar-refractivity contribution in [3.8, 4) is 11.1 Å². The number of hydrogen-bond donors (Lipinski definition) is 1. The summed E-state index contributed by atoms with van der Waals surface area (Å²) in [4.78, 5) is 23.7. The van der Waals surface area contributed by atoms with Gasteiger partial charge in [0.15, 0.2) is 0 Å². The van der Waals surface area contributed by atoms with Crippen molar-refractivity contribution >= 4 is 5.97 Å². The second-order valence-corrected chi connectivity index (χ2v) is 5.81. The molecule has 0 bridgehead atoms. The maximum atomic E-state index is 13.1. The van der Waals surface area contributed by atoms with Gasteiger partial charge in [0.1, 0.15) is 5.82 Å². The zero-order valence-electron chi connectivity index (χ0n) is 12.9. The summed E-state index contributed by atoms with van der Waals surface area (Å²) in [6.07, 6.45) is 3.27. The van der Waals surface area contributed by atoms with Crippen molar-refractivity contribution in [3.05, 3.63) is 52.2 Å². The highest BCUT2D eigenvalue weighted by Gasteiger charge is 2.20. The Balaban J connectivity index is 2.01. The van der Waals surface area contributed by atoms with Gasteiger partial charge in [-0.15, -0.1) is 0 Å². The van der Waals surface area contributed by atoms with E-state index >= 15 is 0 Å². The molecule has 0 radical (unpaired) electrons. The van der Waals surface area contributed by atoms with E-state index in [-0.39, 0.29) is 5.56 Å². The average molecular weight is 332 g/mol. The molecule has 3 rings (SSSR count). The molecule has 1 N–H and O–H groups in total. The van der Waals surface area contributed by atoms with Crippen LogP contribution in [0.25, 0.3) is 11.1 Å². The Kier molecular flexibility index (Phi) is 4.71. The van der Waals surface area contributed by atoms with Crippen molar-refractivity contribution in [2.45, 2.75) is 19.4 Å². The summed E-state index contributed by atoms with van der Waals surface area (Å²) in [7, 11) is 0. The van der Waals surface area contributed by atoms with Gasteiger partial charge < -0.3 is 9.84 Å². The number of aromatic carboxylic acids is 1. The van der Waals surface area contributed by atoms with Crippen LogP contribution in [0.4, 0.5) is 4.39 Å². The van der Waals surface area contributed by atoms with E-state index in [1.807, 2.05) is 0 Å². The predicted molar refractivity (Wildman–Crippen MR) is 84.4 cm³/mol. The number of nitrogens with zero attached hydrogens (tertiary/aromatic N) is 2. The van der Waals surface area contributed by atoms with Crippen LogP contribution in [0.15, 0.2) is 35.3 Å². The number of ether oxygens (including phenoxy) is 1. The van der Waals surface area contributed by atoms with Crippen LogP contribution in [0.2, 0.25) is 0 Å². The van der Waals surface area contributed by atoms with Crippen molar-refractivity contribution < 1.29 is 19.0 Å². The second-order valence-electron chi connectivity index (χ2n) is 5.81. The smallest absolute Gasteiger partial charge is 0.360 e. The quantitative estimate of drug-likeness (QED) is 0.928. The van der Waals surface area contributed by atoms with Crippen LogP contribution in [0, 0.1) is 11.7 Å². The van der Waals surface area contributed by atoms with Gasteiger partial charge in [-0.1, -0.05) is 12.1 Å². The molecular formula is C17H17FN2O4. The third-order valence-corrected chi connectivity index (χ3v) is 4.11. The van der Waals surface area contributed by atoms with E-state index in [0.717, 1.165) is 12.8 Å². The number of rotatable bonds is 4. The fourth-order valence-corrected chi connectivity index (χ4v) is 2.80. The molecule has 1 aliphatic heterocycles. The van der Waals surface area contributed by atoms with Crippen LogP contribution >= 0.6 is 0 Å². The lowest BCUT2D eigenvalue weighted by Crippen LogP contribution is -2.27. The van der Waals surface area contributed by atoms with Crippen molar-refractivity contribution in [1.29, 1.82) is 0 Å². The molecule has 0 aliphatic carbocycles. The van der Waals surface area contributed by atoms with Gasteiger partial charge in [0, 0.05) is 31.5 Å². The van der Waals surface area contributed by atoms with Gasteiger partial charge in [0.05, 0.1) is 0 Å². The molecule has 0 amide bonds. The summed E-state index contributed by atoms with van der Waals surface area (Å²) in [5, 5.41) is 13.2. The summed E-state index contributed by atoms with van der Waals surface area (Å²) >= 11 is 0. The molecule has 6 nitrogen and oxygen atoms in total. The first-order valence-electron chi connectivity index (χ1n) is 7.73.